The van der Waals surface area contributed by atoms with E-state index in [-0.39, 0.29) is 5.56 Å². The van der Waals surface area contributed by atoms with Crippen molar-refractivity contribution in [3.63, 3.8) is 0 Å². The molecular weight excluding hydrogens is 223 g/mol. The Morgan fingerprint density at radius 3 is 2.69 bits per heavy atom. The van der Waals surface area contributed by atoms with E-state index in [1.54, 1.807) is 17.8 Å². The first kappa shape index (κ1) is 11.6. The van der Waals surface area contributed by atoms with E-state index in [4.69, 9.17) is 0 Å². The summed E-state index contributed by atoms with van der Waals surface area (Å²) in [6.45, 7) is 0. The van der Waals surface area contributed by atoms with Gasteiger partial charge < -0.3 is 0 Å². The van der Waals surface area contributed by atoms with E-state index in [1.165, 1.54) is 38.2 Å². The van der Waals surface area contributed by atoms with Gasteiger partial charge in [-0.3, -0.25) is 4.79 Å². The second kappa shape index (κ2) is 5.48. The minimum Gasteiger partial charge on any atom is -0.298 e. The van der Waals surface area contributed by atoms with Gasteiger partial charge in [-0.15, -0.1) is 11.8 Å². The summed E-state index contributed by atoms with van der Waals surface area (Å²) < 4.78 is 13.4. The number of halogens is 1. The molecule has 0 radical (unpaired) electrons. The molecule has 0 aromatic heterocycles. The summed E-state index contributed by atoms with van der Waals surface area (Å²) in [5, 5.41) is 0.550. The number of rotatable bonds is 3. The summed E-state index contributed by atoms with van der Waals surface area (Å²) in [7, 11) is 0. The van der Waals surface area contributed by atoms with Gasteiger partial charge in [0.05, 0.1) is 5.56 Å². The summed E-state index contributed by atoms with van der Waals surface area (Å²) in [6.07, 6.45) is 6.80. The van der Waals surface area contributed by atoms with E-state index in [9.17, 15) is 9.18 Å². The molecule has 0 bridgehead atoms. The van der Waals surface area contributed by atoms with E-state index in [0.29, 0.717) is 11.5 Å². The van der Waals surface area contributed by atoms with Crippen LogP contribution in [0.5, 0.6) is 0 Å². The molecule has 16 heavy (non-hydrogen) atoms. The number of benzene rings is 1. The topological polar surface area (TPSA) is 17.1 Å². The van der Waals surface area contributed by atoms with Crippen LogP contribution >= 0.6 is 11.8 Å². The molecule has 1 aliphatic carbocycles. The highest BCUT2D eigenvalue weighted by atomic mass is 32.2. The Balaban J connectivity index is 2.13. The van der Waals surface area contributed by atoms with E-state index in [2.05, 4.69) is 0 Å². The number of aldehydes is 1. The molecule has 0 atom stereocenters. The molecule has 1 nitrogen and oxygen atoms in total. The lowest BCUT2D eigenvalue weighted by molar-refractivity contribution is 0.111. The van der Waals surface area contributed by atoms with Crippen molar-refractivity contribution < 1.29 is 9.18 Å². The van der Waals surface area contributed by atoms with Crippen molar-refractivity contribution in [3.8, 4) is 0 Å². The van der Waals surface area contributed by atoms with Crippen molar-refractivity contribution in [1.82, 2.24) is 0 Å². The lowest BCUT2D eigenvalue weighted by Crippen LogP contribution is -2.08. The molecule has 0 saturated heterocycles. The summed E-state index contributed by atoms with van der Waals surface area (Å²) in [5.74, 6) is -0.407. The van der Waals surface area contributed by atoms with Crippen molar-refractivity contribution in [2.24, 2.45) is 0 Å². The van der Waals surface area contributed by atoms with Crippen LogP contribution in [-0.2, 0) is 0 Å². The molecule has 0 unspecified atom stereocenters. The number of thioether (sulfide) groups is 1. The third-order valence-electron chi connectivity index (χ3n) is 2.98. The zero-order valence-electron chi connectivity index (χ0n) is 9.12. The Kier molecular flexibility index (Phi) is 3.99. The highest BCUT2D eigenvalue weighted by Crippen LogP contribution is 2.35. The lowest BCUT2D eigenvalue weighted by atomic mass is 10.0. The molecule has 1 aromatic rings. The molecule has 1 saturated carbocycles. The van der Waals surface area contributed by atoms with Gasteiger partial charge in [-0.2, -0.15) is 0 Å². The first-order chi connectivity index (χ1) is 7.81. The van der Waals surface area contributed by atoms with E-state index in [0.717, 1.165) is 4.90 Å². The van der Waals surface area contributed by atoms with Crippen LogP contribution in [0.25, 0.3) is 0 Å². The van der Waals surface area contributed by atoms with Crippen molar-refractivity contribution in [2.75, 3.05) is 0 Å². The molecule has 0 amide bonds. The molecule has 1 aliphatic rings. The van der Waals surface area contributed by atoms with Crippen LogP contribution in [0.2, 0.25) is 0 Å². The minimum atomic E-state index is -0.407. The maximum Gasteiger partial charge on any atom is 0.154 e. The van der Waals surface area contributed by atoms with Crippen molar-refractivity contribution in [3.05, 3.63) is 29.6 Å². The van der Waals surface area contributed by atoms with Crippen LogP contribution < -0.4 is 0 Å². The van der Waals surface area contributed by atoms with Gasteiger partial charge in [0.2, 0.25) is 0 Å². The lowest BCUT2D eigenvalue weighted by Gasteiger charge is -2.21. The van der Waals surface area contributed by atoms with Crippen molar-refractivity contribution in [1.29, 1.82) is 0 Å². The van der Waals surface area contributed by atoms with Crippen LogP contribution in [0.15, 0.2) is 23.1 Å². The average molecular weight is 238 g/mol. The quantitative estimate of drug-likeness (QED) is 0.738. The molecule has 86 valence electrons. The Morgan fingerprint density at radius 1 is 1.25 bits per heavy atom. The largest absolute Gasteiger partial charge is 0.298 e. The zero-order chi connectivity index (χ0) is 11.4. The van der Waals surface area contributed by atoms with Gasteiger partial charge in [0, 0.05) is 10.1 Å². The maximum absolute atomic E-state index is 13.4. The Labute approximate surface area is 99.4 Å². The molecule has 0 N–H and O–H groups in total. The van der Waals surface area contributed by atoms with E-state index < -0.39 is 5.82 Å². The van der Waals surface area contributed by atoms with Gasteiger partial charge in [0.25, 0.3) is 0 Å². The van der Waals surface area contributed by atoms with Crippen LogP contribution in [0.1, 0.15) is 42.5 Å². The van der Waals surface area contributed by atoms with Gasteiger partial charge in [-0.1, -0.05) is 25.3 Å². The Bertz CT molecular complexity index is 372. The third kappa shape index (κ3) is 2.64. The molecule has 1 fully saturated rings. The van der Waals surface area contributed by atoms with Gasteiger partial charge in [0.1, 0.15) is 5.82 Å². The molecule has 0 aliphatic heterocycles. The first-order valence-corrected chi connectivity index (χ1v) is 6.59. The number of carbonyl (C=O) groups is 1. The summed E-state index contributed by atoms with van der Waals surface area (Å²) >= 11 is 1.66. The van der Waals surface area contributed by atoms with Crippen LogP contribution in [0, 0.1) is 5.82 Å². The number of hydrogen-bond acceptors (Lipinski definition) is 2. The Hall–Kier alpha value is -0.830. The van der Waals surface area contributed by atoms with Gasteiger partial charge in [-0.25, -0.2) is 4.39 Å². The monoisotopic (exact) mass is 238 g/mol. The number of carbonyl (C=O) groups excluding carboxylic acids is 1. The van der Waals surface area contributed by atoms with Gasteiger partial charge >= 0.3 is 0 Å². The third-order valence-corrected chi connectivity index (χ3v) is 4.39. The highest BCUT2D eigenvalue weighted by Gasteiger charge is 2.17. The number of hydrogen-bond donors (Lipinski definition) is 0. The molecular formula is C13H15FOS. The zero-order valence-corrected chi connectivity index (χ0v) is 9.93. The van der Waals surface area contributed by atoms with Gasteiger partial charge in [-0.05, 0) is 25.0 Å². The van der Waals surface area contributed by atoms with E-state index in [1.807, 2.05) is 6.07 Å². The standard InChI is InChI=1S/C13H15FOS/c14-12-7-4-8-13(11(12)9-15)16-10-5-2-1-3-6-10/h4,7-10H,1-3,5-6H2. The summed E-state index contributed by atoms with van der Waals surface area (Å²) in [5.41, 5.74) is 0.220. The highest BCUT2D eigenvalue weighted by molar-refractivity contribution is 8.00. The van der Waals surface area contributed by atoms with E-state index >= 15 is 0 Å². The molecule has 0 spiro atoms. The fourth-order valence-electron chi connectivity index (χ4n) is 2.10. The maximum atomic E-state index is 13.4. The predicted octanol–water partition coefficient (Wildman–Crippen LogP) is 4.06. The SMILES string of the molecule is O=Cc1c(F)cccc1SC1CCCCC1. The second-order valence-electron chi connectivity index (χ2n) is 4.15. The van der Waals surface area contributed by atoms with Crippen molar-refractivity contribution in [2.45, 2.75) is 42.2 Å². The first-order valence-electron chi connectivity index (χ1n) is 5.71. The molecule has 3 heteroatoms. The fraction of sp³-hybridized carbons (Fsp3) is 0.462. The van der Waals surface area contributed by atoms with Crippen molar-refractivity contribution >= 4 is 18.0 Å². The summed E-state index contributed by atoms with van der Waals surface area (Å²) in [4.78, 5) is 11.6. The van der Waals surface area contributed by atoms with Gasteiger partial charge in [0.15, 0.2) is 6.29 Å². The molecule has 0 heterocycles. The average Bonchev–Trinajstić information content (AvgIpc) is 2.31. The second-order valence-corrected chi connectivity index (χ2v) is 5.49. The molecule has 2 rings (SSSR count). The minimum absolute atomic E-state index is 0.220. The van der Waals surface area contributed by atoms with Crippen LogP contribution in [0.4, 0.5) is 4.39 Å². The normalized spacial score (nSPS) is 17.3. The van der Waals surface area contributed by atoms with Crippen LogP contribution in [0.3, 0.4) is 0 Å². The smallest absolute Gasteiger partial charge is 0.154 e. The summed E-state index contributed by atoms with van der Waals surface area (Å²) in [6, 6.07) is 4.86. The fourth-order valence-corrected chi connectivity index (χ4v) is 3.45. The predicted molar refractivity (Wildman–Crippen MR) is 64.5 cm³/mol. The van der Waals surface area contributed by atoms with Crippen LogP contribution in [-0.4, -0.2) is 11.5 Å². The molecule has 1 aromatic carbocycles. The Morgan fingerprint density at radius 2 is 2.00 bits per heavy atom.